The molecular weight excluding hydrogens is 230 g/mol. The van der Waals surface area contributed by atoms with E-state index in [0.29, 0.717) is 10.7 Å². The Morgan fingerprint density at radius 1 is 1.50 bits per heavy atom. The van der Waals surface area contributed by atoms with Crippen molar-refractivity contribution in [3.63, 3.8) is 0 Å². The lowest BCUT2D eigenvalue weighted by Crippen LogP contribution is -2.19. The number of carbonyl (C=O) groups is 1. The molecule has 0 atom stereocenters. The molecule has 1 N–H and O–H groups in total. The molecule has 1 aromatic heterocycles. The Hall–Kier alpha value is -1.95. The van der Waals surface area contributed by atoms with E-state index in [0.717, 1.165) is 0 Å². The summed E-state index contributed by atoms with van der Waals surface area (Å²) < 4.78 is 1.33. The molecule has 0 saturated carbocycles. The predicted octanol–water partition coefficient (Wildman–Crippen LogP) is 0.965. The maximum absolute atomic E-state index is 11.5. The van der Waals surface area contributed by atoms with E-state index >= 15 is 0 Å². The minimum atomic E-state index is -0.213. The number of halogens is 1. The molecule has 0 bridgehead atoms. The number of nitrogens with one attached hydrogen (secondary N) is 1. The van der Waals surface area contributed by atoms with E-state index in [9.17, 15) is 4.79 Å². The Morgan fingerprint density at radius 3 is 3.06 bits per heavy atom. The van der Waals surface area contributed by atoms with Crippen LogP contribution in [-0.2, 0) is 11.3 Å². The number of nitrogens with zero attached hydrogens (tertiary/aromatic N) is 4. The van der Waals surface area contributed by atoms with Crippen LogP contribution >= 0.6 is 11.6 Å². The van der Waals surface area contributed by atoms with Crippen LogP contribution in [0.25, 0.3) is 0 Å². The topological polar surface area (TPSA) is 72.7 Å². The third kappa shape index (κ3) is 2.77. The van der Waals surface area contributed by atoms with Gasteiger partial charge in [0, 0.05) is 10.7 Å². The molecule has 0 aliphatic heterocycles. The SMILES string of the molecule is O=C(Cn1cnnn1)Nc1cccc(Cl)c1. The van der Waals surface area contributed by atoms with Crippen molar-refractivity contribution in [3.05, 3.63) is 35.6 Å². The molecule has 6 nitrogen and oxygen atoms in total. The summed E-state index contributed by atoms with van der Waals surface area (Å²) >= 11 is 5.78. The molecule has 0 spiro atoms. The smallest absolute Gasteiger partial charge is 0.246 e. The third-order valence-electron chi connectivity index (χ3n) is 1.81. The maximum Gasteiger partial charge on any atom is 0.246 e. The van der Waals surface area contributed by atoms with E-state index in [4.69, 9.17) is 11.6 Å². The number of hydrogen-bond donors (Lipinski definition) is 1. The largest absolute Gasteiger partial charge is 0.324 e. The van der Waals surface area contributed by atoms with Gasteiger partial charge in [0.1, 0.15) is 12.9 Å². The van der Waals surface area contributed by atoms with Gasteiger partial charge in [-0.3, -0.25) is 4.79 Å². The Morgan fingerprint density at radius 2 is 2.38 bits per heavy atom. The van der Waals surface area contributed by atoms with Crippen molar-refractivity contribution >= 4 is 23.2 Å². The van der Waals surface area contributed by atoms with Crippen LogP contribution in [-0.4, -0.2) is 26.1 Å². The maximum atomic E-state index is 11.5. The molecule has 0 fully saturated rings. The lowest BCUT2D eigenvalue weighted by atomic mass is 10.3. The quantitative estimate of drug-likeness (QED) is 0.863. The predicted molar refractivity (Wildman–Crippen MR) is 57.9 cm³/mol. The molecule has 2 rings (SSSR count). The highest BCUT2D eigenvalue weighted by Crippen LogP contribution is 2.14. The molecule has 1 aromatic carbocycles. The summed E-state index contributed by atoms with van der Waals surface area (Å²) in [4.78, 5) is 11.5. The fraction of sp³-hybridized carbons (Fsp3) is 0.111. The number of hydrogen-bond acceptors (Lipinski definition) is 4. The Balaban J connectivity index is 1.97. The Labute approximate surface area is 96.2 Å². The van der Waals surface area contributed by atoms with Crippen LogP contribution < -0.4 is 5.32 Å². The number of aromatic nitrogens is 4. The average Bonchev–Trinajstić information content (AvgIpc) is 2.70. The third-order valence-corrected chi connectivity index (χ3v) is 2.04. The van der Waals surface area contributed by atoms with Gasteiger partial charge in [0.05, 0.1) is 0 Å². The molecule has 16 heavy (non-hydrogen) atoms. The van der Waals surface area contributed by atoms with Crippen molar-refractivity contribution in [1.29, 1.82) is 0 Å². The van der Waals surface area contributed by atoms with Crippen LogP contribution in [0, 0.1) is 0 Å². The molecule has 2 aromatic rings. The number of amides is 1. The summed E-state index contributed by atoms with van der Waals surface area (Å²) in [6.45, 7) is 0.0690. The summed E-state index contributed by atoms with van der Waals surface area (Å²) in [5.41, 5.74) is 0.644. The first kappa shape index (κ1) is 10.6. The van der Waals surface area contributed by atoms with Crippen molar-refractivity contribution in [2.45, 2.75) is 6.54 Å². The number of benzene rings is 1. The van der Waals surface area contributed by atoms with E-state index in [2.05, 4.69) is 20.8 Å². The summed E-state index contributed by atoms with van der Waals surface area (Å²) in [5.74, 6) is -0.213. The summed E-state index contributed by atoms with van der Waals surface area (Å²) in [6, 6.07) is 6.91. The summed E-state index contributed by atoms with van der Waals surface area (Å²) in [5, 5.41) is 13.7. The molecule has 0 aliphatic rings. The van der Waals surface area contributed by atoms with Crippen molar-refractivity contribution in [1.82, 2.24) is 20.2 Å². The molecule has 1 heterocycles. The van der Waals surface area contributed by atoms with Crippen LogP contribution in [0.1, 0.15) is 0 Å². The number of rotatable bonds is 3. The monoisotopic (exact) mass is 237 g/mol. The van der Waals surface area contributed by atoms with Crippen LogP contribution in [0.2, 0.25) is 5.02 Å². The van der Waals surface area contributed by atoms with Gasteiger partial charge in [-0.25, -0.2) is 4.68 Å². The van der Waals surface area contributed by atoms with Gasteiger partial charge in [-0.1, -0.05) is 17.7 Å². The first-order chi connectivity index (χ1) is 7.74. The molecular formula is C9H8ClN5O. The van der Waals surface area contributed by atoms with E-state index < -0.39 is 0 Å². The number of anilines is 1. The zero-order valence-electron chi connectivity index (χ0n) is 8.17. The second-order valence-corrected chi connectivity index (χ2v) is 3.50. The van der Waals surface area contributed by atoms with Crippen LogP contribution in [0.4, 0.5) is 5.69 Å². The van der Waals surface area contributed by atoms with E-state index in [1.54, 1.807) is 24.3 Å². The molecule has 0 saturated heterocycles. The second-order valence-electron chi connectivity index (χ2n) is 3.07. The van der Waals surface area contributed by atoms with Crippen molar-refractivity contribution in [2.75, 3.05) is 5.32 Å². The first-order valence-electron chi connectivity index (χ1n) is 4.50. The van der Waals surface area contributed by atoms with E-state index in [1.807, 2.05) is 0 Å². The first-order valence-corrected chi connectivity index (χ1v) is 4.88. The highest BCUT2D eigenvalue weighted by molar-refractivity contribution is 6.30. The van der Waals surface area contributed by atoms with Gasteiger partial charge >= 0.3 is 0 Å². The van der Waals surface area contributed by atoms with Gasteiger partial charge in [-0.05, 0) is 28.6 Å². The van der Waals surface area contributed by atoms with Crippen LogP contribution in [0.3, 0.4) is 0 Å². The summed E-state index contributed by atoms with van der Waals surface area (Å²) in [7, 11) is 0. The van der Waals surface area contributed by atoms with Gasteiger partial charge < -0.3 is 5.32 Å². The lowest BCUT2D eigenvalue weighted by Gasteiger charge is -2.04. The zero-order valence-corrected chi connectivity index (χ0v) is 8.92. The highest BCUT2D eigenvalue weighted by Gasteiger charge is 2.04. The van der Waals surface area contributed by atoms with Gasteiger partial charge in [-0.2, -0.15) is 0 Å². The lowest BCUT2D eigenvalue weighted by molar-refractivity contribution is -0.116. The zero-order chi connectivity index (χ0) is 11.4. The Bertz CT molecular complexity index is 484. The molecule has 0 radical (unpaired) electrons. The minimum absolute atomic E-state index is 0.0690. The van der Waals surface area contributed by atoms with E-state index in [-0.39, 0.29) is 12.5 Å². The highest BCUT2D eigenvalue weighted by atomic mass is 35.5. The number of carbonyl (C=O) groups excluding carboxylic acids is 1. The fourth-order valence-electron chi connectivity index (χ4n) is 1.17. The molecule has 82 valence electrons. The van der Waals surface area contributed by atoms with Crippen LogP contribution in [0.5, 0.6) is 0 Å². The van der Waals surface area contributed by atoms with Gasteiger partial charge in [0.25, 0.3) is 0 Å². The minimum Gasteiger partial charge on any atom is -0.324 e. The second kappa shape index (κ2) is 4.71. The molecule has 0 aliphatic carbocycles. The van der Waals surface area contributed by atoms with Gasteiger partial charge in [0.2, 0.25) is 5.91 Å². The van der Waals surface area contributed by atoms with Crippen LogP contribution in [0.15, 0.2) is 30.6 Å². The molecule has 1 amide bonds. The van der Waals surface area contributed by atoms with Crippen molar-refractivity contribution in [2.24, 2.45) is 0 Å². The van der Waals surface area contributed by atoms with Crippen molar-refractivity contribution < 1.29 is 4.79 Å². The standard InChI is InChI=1S/C9H8ClN5O/c10-7-2-1-3-8(4-7)12-9(16)5-15-6-11-13-14-15/h1-4,6H,5H2,(H,12,16). The Kier molecular flexibility index (Phi) is 3.11. The average molecular weight is 238 g/mol. The van der Waals surface area contributed by atoms with E-state index in [1.165, 1.54) is 11.0 Å². The van der Waals surface area contributed by atoms with Gasteiger partial charge in [-0.15, -0.1) is 5.10 Å². The molecule has 7 heteroatoms. The molecule has 0 unspecified atom stereocenters. The summed E-state index contributed by atoms with van der Waals surface area (Å²) in [6.07, 6.45) is 1.37. The van der Waals surface area contributed by atoms with Crippen molar-refractivity contribution in [3.8, 4) is 0 Å². The number of tetrazole rings is 1. The normalized spacial score (nSPS) is 10.1. The fourth-order valence-corrected chi connectivity index (χ4v) is 1.36. The van der Waals surface area contributed by atoms with Gasteiger partial charge in [0.15, 0.2) is 0 Å².